The van der Waals surface area contributed by atoms with Gasteiger partial charge in [0, 0.05) is 12.0 Å². The fourth-order valence-electron chi connectivity index (χ4n) is 1.95. The van der Waals surface area contributed by atoms with E-state index < -0.39 is 17.7 Å². The minimum absolute atomic E-state index is 0.00324. The van der Waals surface area contributed by atoms with Crippen LogP contribution in [-0.2, 0) is 6.42 Å². The fraction of sp³-hybridized carbons (Fsp3) is 0.200. The molecule has 2 aromatic carbocycles. The molecule has 1 nitrogen and oxygen atoms in total. The van der Waals surface area contributed by atoms with E-state index in [-0.39, 0.29) is 12.0 Å². The summed E-state index contributed by atoms with van der Waals surface area (Å²) in [5.41, 5.74) is 1.96. The molecule has 0 spiro atoms. The number of rotatable bonds is 3. The normalized spacial score (nSPS) is 12.4. The van der Waals surface area contributed by atoms with Crippen LogP contribution in [0.2, 0.25) is 0 Å². The molecule has 1 unspecified atom stereocenters. The summed E-state index contributed by atoms with van der Waals surface area (Å²) in [5, 5.41) is 9.96. The van der Waals surface area contributed by atoms with Gasteiger partial charge in [-0.2, -0.15) is 0 Å². The number of aliphatic hydroxyl groups excluding tert-OH is 1. The lowest BCUT2D eigenvalue weighted by Gasteiger charge is -2.12. The highest BCUT2D eigenvalue weighted by molar-refractivity contribution is 5.26. The third kappa shape index (κ3) is 2.74. The van der Waals surface area contributed by atoms with Gasteiger partial charge in [-0.05, 0) is 18.6 Å². The number of halogens is 2. The summed E-state index contributed by atoms with van der Waals surface area (Å²) in [4.78, 5) is 0. The monoisotopic (exact) mass is 248 g/mol. The number of hydrogen-bond acceptors (Lipinski definition) is 1. The second-order valence-corrected chi connectivity index (χ2v) is 4.35. The van der Waals surface area contributed by atoms with Crippen molar-refractivity contribution in [1.29, 1.82) is 0 Å². The van der Waals surface area contributed by atoms with Gasteiger partial charge in [-0.15, -0.1) is 0 Å². The van der Waals surface area contributed by atoms with Gasteiger partial charge in [-0.3, -0.25) is 0 Å². The van der Waals surface area contributed by atoms with Gasteiger partial charge >= 0.3 is 0 Å². The van der Waals surface area contributed by atoms with E-state index >= 15 is 0 Å². The molecule has 3 heteroatoms. The van der Waals surface area contributed by atoms with E-state index in [0.717, 1.165) is 17.2 Å². The Morgan fingerprint density at radius 1 is 1.11 bits per heavy atom. The molecular weight excluding hydrogens is 234 g/mol. The van der Waals surface area contributed by atoms with E-state index in [9.17, 15) is 13.9 Å². The van der Waals surface area contributed by atoms with Crippen molar-refractivity contribution in [1.82, 2.24) is 0 Å². The summed E-state index contributed by atoms with van der Waals surface area (Å²) in [6, 6.07) is 11.4. The Labute approximate surface area is 105 Å². The molecule has 1 N–H and O–H groups in total. The Balaban J connectivity index is 2.22. The van der Waals surface area contributed by atoms with Crippen molar-refractivity contribution in [2.75, 3.05) is 0 Å². The SMILES string of the molecule is Cc1cccc(CC(O)c2cccc(F)c2F)c1. The van der Waals surface area contributed by atoms with Crippen LogP contribution in [0.15, 0.2) is 42.5 Å². The molecule has 0 aliphatic rings. The van der Waals surface area contributed by atoms with Gasteiger partial charge in [0.15, 0.2) is 11.6 Å². The van der Waals surface area contributed by atoms with Gasteiger partial charge in [0.2, 0.25) is 0 Å². The quantitative estimate of drug-likeness (QED) is 0.880. The van der Waals surface area contributed by atoms with Crippen molar-refractivity contribution < 1.29 is 13.9 Å². The van der Waals surface area contributed by atoms with Crippen LogP contribution in [0.4, 0.5) is 8.78 Å². The Hall–Kier alpha value is -1.74. The second kappa shape index (κ2) is 5.27. The molecule has 0 amide bonds. The molecule has 0 radical (unpaired) electrons. The Bertz CT molecular complexity index is 552. The first-order chi connectivity index (χ1) is 8.58. The molecule has 0 fully saturated rings. The lowest BCUT2D eigenvalue weighted by Crippen LogP contribution is -2.05. The minimum atomic E-state index is -1.04. The molecule has 2 rings (SSSR count). The number of aryl methyl sites for hydroxylation is 1. The maximum Gasteiger partial charge on any atom is 0.164 e. The summed E-state index contributed by atoms with van der Waals surface area (Å²) in [7, 11) is 0. The van der Waals surface area contributed by atoms with Crippen molar-refractivity contribution in [2.24, 2.45) is 0 Å². The first kappa shape index (κ1) is 12.7. The maximum atomic E-state index is 13.5. The third-order valence-corrected chi connectivity index (χ3v) is 2.85. The zero-order valence-electron chi connectivity index (χ0n) is 10.0. The summed E-state index contributed by atoms with van der Waals surface area (Å²) in [6.07, 6.45) is -0.773. The first-order valence-electron chi connectivity index (χ1n) is 5.75. The molecule has 94 valence electrons. The Kier molecular flexibility index (Phi) is 3.72. The lowest BCUT2D eigenvalue weighted by molar-refractivity contribution is 0.172. The topological polar surface area (TPSA) is 20.2 Å². The van der Waals surface area contributed by atoms with Gasteiger partial charge < -0.3 is 5.11 Å². The van der Waals surface area contributed by atoms with Crippen LogP contribution in [0.3, 0.4) is 0 Å². The molecule has 0 bridgehead atoms. The number of benzene rings is 2. The fourth-order valence-corrected chi connectivity index (χ4v) is 1.95. The maximum absolute atomic E-state index is 13.5. The highest BCUT2D eigenvalue weighted by Crippen LogP contribution is 2.23. The van der Waals surface area contributed by atoms with Crippen molar-refractivity contribution in [2.45, 2.75) is 19.4 Å². The van der Waals surface area contributed by atoms with Crippen LogP contribution in [0.5, 0.6) is 0 Å². The third-order valence-electron chi connectivity index (χ3n) is 2.85. The van der Waals surface area contributed by atoms with Crippen LogP contribution >= 0.6 is 0 Å². The molecule has 2 aromatic rings. The largest absolute Gasteiger partial charge is 0.388 e. The van der Waals surface area contributed by atoms with Crippen molar-refractivity contribution >= 4 is 0 Å². The average Bonchev–Trinajstić information content (AvgIpc) is 2.32. The average molecular weight is 248 g/mol. The van der Waals surface area contributed by atoms with Gasteiger partial charge in [-0.25, -0.2) is 8.78 Å². The van der Waals surface area contributed by atoms with Crippen LogP contribution in [0.1, 0.15) is 22.8 Å². The van der Waals surface area contributed by atoms with Gasteiger partial charge in [0.25, 0.3) is 0 Å². The molecular formula is C15H14F2O. The smallest absolute Gasteiger partial charge is 0.164 e. The van der Waals surface area contributed by atoms with Crippen LogP contribution < -0.4 is 0 Å². The molecule has 18 heavy (non-hydrogen) atoms. The predicted molar refractivity (Wildman–Crippen MR) is 66.2 cm³/mol. The van der Waals surface area contributed by atoms with Gasteiger partial charge in [0.1, 0.15) is 0 Å². The molecule has 0 saturated heterocycles. The zero-order chi connectivity index (χ0) is 13.1. The molecule has 0 aliphatic heterocycles. The standard InChI is InChI=1S/C15H14F2O/c1-10-4-2-5-11(8-10)9-14(18)12-6-3-7-13(16)15(12)17/h2-8,14,18H,9H2,1H3. The van der Waals surface area contributed by atoms with Crippen molar-refractivity contribution in [3.8, 4) is 0 Å². The lowest BCUT2D eigenvalue weighted by atomic mass is 10.00. The first-order valence-corrected chi connectivity index (χ1v) is 5.75. The summed E-state index contributed by atoms with van der Waals surface area (Å²) in [5.74, 6) is -1.91. The van der Waals surface area contributed by atoms with E-state index in [2.05, 4.69) is 0 Å². The van der Waals surface area contributed by atoms with E-state index in [4.69, 9.17) is 0 Å². The van der Waals surface area contributed by atoms with E-state index in [0.29, 0.717) is 0 Å². The highest BCUT2D eigenvalue weighted by atomic mass is 19.2. The second-order valence-electron chi connectivity index (χ2n) is 4.35. The van der Waals surface area contributed by atoms with Crippen LogP contribution in [-0.4, -0.2) is 5.11 Å². The Morgan fingerprint density at radius 2 is 1.83 bits per heavy atom. The van der Waals surface area contributed by atoms with Crippen LogP contribution in [0, 0.1) is 18.6 Å². The molecule has 1 atom stereocenters. The van der Waals surface area contributed by atoms with E-state index in [1.807, 2.05) is 31.2 Å². The van der Waals surface area contributed by atoms with Crippen molar-refractivity contribution in [3.05, 3.63) is 70.8 Å². The summed E-state index contributed by atoms with van der Waals surface area (Å²) < 4.78 is 26.6. The number of aliphatic hydroxyl groups is 1. The molecule has 0 aliphatic carbocycles. The minimum Gasteiger partial charge on any atom is -0.388 e. The predicted octanol–water partition coefficient (Wildman–Crippen LogP) is 3.55. The Morgan fingerprint density at radius 3 is 2.56 bits per heavy atom. The van der Waals surface area contributed by atoms with E-state index in [1.54, 1.807) is 0 Å². The van der Waals surface area contributed by atoms with Gasteiger partial charge in [0.05, 0.1) is 6.10 Å². The number of hydrogen-bond donors (Lipinski definition) is 1. The van der Waals surface area contributed by atoms with Gasteiger partial charge in [-0.1, -0.05) is 42.0 Å². The van der Waals surface area contributed by atoms with Crippen LogP contribution in [0.25, 0.3) is 0 Å². The molecule has 0 heterocycles. The molecule has 0 aromatic heterocycles. The summed E-state index contributed by atoms with van der Waals surface area (Å²) >= 11 is 0. The van der Waals surface area contributed by atoms with Crippen molar-refractivity contribution in [3.63, 3.8) is 0 Å². The highest BCUT2D eigenvalue weighted by Gasteiger charge is 2.16. The van der Waals surface area contributed by atoms with E-state index in [1.165, 1.54) is 12.1 Å². The zero-order valence-corrected chi connectivity index (χ0v) is 10.0. The summed E-state index contributed by atoms with van der Waals surface area (Å²) in [6.45, 7) is 1.94. The molecule has 0 saturated carbocycles.